The van der Waals surface area contributed by atoms with Gasteiger partial charge in [-0.15, -0.1) is 0 Å². The summed E-state index contributed by atoms with van der Waals surface area (Å²) in [6, 6.07) is 13.4. The minimum atomic E-state index is -0.237. The summed E-state index contributed by atoms with van der Waals surface area (Å²) in [7, 11) is 0. The Hall–Kier alpha value is -2.87. The van der Waals surface area contributed by atoms with Crippen LogP contribution in [0.5, 0.6) is 0 Å². The normalized spacial score (nSPS) is 14.9. The molecule has 122 valence electrons. The number of aromatic nitrogens is 1. The Balaban J connectivity index is 1.69. The molecule has 1 aliphatic heterocycles. The van der Waals surface area contributed by atoms with Gasteiger partial charge in [0, 0.05) is 25.0 Å². The lowest BCUT2D eigenvalue weighted by Crippen LogP contribution is -2.27. The van der Waals surface area contributed by atoms with Gasteiger partial charge in [-0.2, -0.15) is 5.26 Å². The predicted octanol–water partition coefficient (Wildman–Crippen LogP) is 3.04. The van der Waals surface area contributed by atoms with E-state index in [4.69, 9.17) is 5.26 Å². The number of nitrogens with one attached hydrogen (secondary N) is 1. The van der Waals surface area contributed by atoms with Gasteiger partial charge in [0.25, 0.3) is 5.91 Å². The van der Waals surface area contributed by atoms with Crippen LogP contribution >= 0.6 is 0 Å². The van der Waals surface area contributed by atoms with E-state index in [1.165, 1.54) is 24.7 Å². The lowest BCUT2D eigenvalue weighted by molar-refractivity contribution is 0.0935. The van der Waals surface area contributed by atoms with Crippen LogP contribution < -0.4 is 10.2 Å². The van der Waals surface area contributed by atoms with Gasteiger partial charge in [0.05, 0.1) is 11.6 Å². The van der Waals surface area contributed by atoms with Gasteiger partial charge in [0.2, 0.25) is 0 Å². The smallest absolute Gasteiger partial charge is 0.270 e. The van der Waals surface area contributed by atoms with Gasteiger partial charge in [-0.3, -0.25) is 4.79 Å². The number of hydrogen-bond acceptors (Lipinski definition) is 4. The van der Waals surface area contributed by atoms with E-state index in [1.807, 2.05) is 25.1 Å². The Bertz CT molecular complexity index is 758. The maximum atomic E-state index is 12.3. The van der Waals surface area contributed by atoms with E-state index in [1.54, 1.807) is 12.1 Å². The predicted molar refractivity (Wildman–Crippen MR) is 92.7 cm³/mol. The highest BCUT2D eigenvalue weighted by atomic mass is 16.1. The lowest BCUT2D eigenvalue weighted by atomic mass is 10.1. The van der Waals surface area contributed by atoms with Crippen molar-refractivity contribution in [3.63, 3.8) is 0 Å². The monoisotopic (exact) mass is 320 g/mol. The minimum absolute atomic E-state index is 0.113. The first-order valence-electron chi connectivity index (χ1n) is 8.19. The second kappa shape index (κ2) is 7.14. The van der Waals surface area contributed by atoms with E-state index in [0.29, 0.717) is 11.3 Å². The number of nitrogens with zero attached hydrogens (tertiary/aromatic N) is 3. The fraction of sp³-hybridized carbons (Fsp3) is 0.316. The third kappa shape index (κ3) is 3.54. The van der Waals surface area contributed by atoms with Crippen LogP contribution in [0.4, 0.5) is 5.69 Å². The van der Waals surface area contributed by atoms with Crippen molar-refractivity contribution in [2.75, 3.05) is 18.0 Å². The van der Waals surface area contributed by atoms with E-state index >= 15 is 0 Å². The third-order valence-electron chi connectivity index (χ3n) is 4.31. The van der Waals surface area contributed by atoms with Crippen molar-refractivity contribution in [1.82, 2.24) is 10.3 Å². The highest BCUT2D eigenvalue weighted by Crippen LogP contribution is 2.24. The van der Waals surface area contributed by atoms with E-state index in [0.717, 1.165) is 18.7 Å². The third-order valence-corrected chi connectivity index (χ3v) is 4.31. The zero-order valence-corrected chi connectivity index (χ0v) is 13.7. The molecule has 1 fully saturated rings. The molecule has 24 heavy (non-hydrogen) atoms. The van der Waals surface area contributed by atoms with E-state index in [9.17, 15) is 4.79 Å². The van der Waals surface area contributed by atoms with Gasteiger partial charge in [0.15, 0.2) is 0 Å². The number of carbonyl (C=O) groups is 1. The Morgan fingerprint density at radius 3 is 2.75 bits per heavy atom. The largest absolute Gasteiger partial charge is 0.372 e. The van der Waals surface area contributed by atoms with Gasteiger partial charge in [-0.05, 0) is 49.6 Å². The van der Waals surface area contributed by atoms with Crippen LogP contribution in [-0.2, 0) is 0 Å². The van der Waals surface area contributed by atoms with Crippen LogP contribution in [0.2, 0.25) is 0 Å². The quantitative estimate of drug-likeness (QED) is 0.940. The fourth-order valence-corrected chi connectivity index (χ4v) is 2.91. The number of nitriles is 1. The second-order valence-corrected chi connectivity index (χ2v) is 6.03. The number of amides is 1. The molecule has 3 rings (SSSR count). The summed E-state index contributed by atoms with van der Waals surface area (Å²) in [6.07, 6.45) is 3.88. The molecule has 1 saturated heterocycles. The fourth-order valence-electron chi connectivity index (χ4n) is 2.91. The molecule has 1 aliphatic rings. The first-order valence-corrected chi connectivity index (χ1v) is 8.19. The van der Waals surface area contributed by atoms with Crippen LogP contribution in [0.15, 0.2) is 42.6 Å². The molecule has 5 nitrogen and oxygen atoms in total. The first kappa shape index (κ1) is 16.0. The van der Waals surface area contributed by atoms with Crippen molar-refractivity contribution >= 4 is 11.6 Å². The van der Waals surface area contributed by atoms with E-state index in [-0.39, 0.29) is 11.9 Å². The van der Waals surface area contributed by atoms with Gasteiger partial charge in [-0.25, -0.2) is 4.98 Å². The van der Waals surface area contributed by atoms with Crippen molar-refractivity contribution in [2.45, 2.75) is 25.8 Å². The van der Waals surface area contributed by atoms with Crippen LogP contribution in [0.3, 0.4) is 0 Å². The highest BCUT2D eigenvalue weighted by Gasteiger charge is 2.16. The zero-order chi connectivity index (χ0) is 16.9. The second-order valence-electron chi connectivity index (χ2n) is 6.03. The topological polar surface area (TPSA) is 69.0 Å². The molecular weight excluding hydrogens is 300 g/mol. The van der Waals surface area contributed by atoms with Crippen molar-refractivity contribution in [3.05, 3.63) is 59.4 Å². The van der Waals surface area contributed by atoms with Crippen LogP contribution in [-0.4, -0.2) is 24.0 Å². The molecule has 0 radical (unpaired) electrons. The molecule has 1 aromatic carbocycles. The molecule has 1 amide bonds. The molecule has 0 saturated carbocycles. The van der Waals surface area contributed by atoms with Gasteiger partial charge >= 0.3 is 0 Å². The van der Waals surface area contributed by atoms with Crippen LogP contribution in [0.25, 0.3) is 0 Å². The number of pyridine rings is 1. The average molecular weight is 320 g/mol. The molecule has 0 unspecified atom stereocenters. The molecular formula is C19H20N4O. The number of carbonyl (C=O) groups excluding carboxylic acids is 1. The zero-order valence-electron chi connectivity index (χ0n) is 13.7. The molecule has 0 spiro atoms. The lowest BCUT2D eigenvalue weighted by Gasteiger charge is -2.20. The molecule has 5 heteroatoms. The Morgan fingerprint density at radius 2 is 2.08 bits per heavy atom. The SMILES string of the molecule is C[C@H](NC(=O)c1ccc(C#N)cn1)c1cccc(N2CCCC2)c1. The van der Waals surface area contributed by atoms with Crippen LogP contribution in [0.1, 0.15) is 47.4 Å². The van der Waals surface area contributed by atoms with Crippen molar-refractivity contribution in [2.24, 2.45) is 0 Å². The van der Waals surface area contributed by atoms with Gasteiger partial charge in [-0.1, -0.05) is 12.1 Å². The average Bonchev–Trinajstić information content (AvgIpc) is 3.16. The number of anilines is 1. The molecule has 1 atom stereocenters. The maximum Gasteiger partial charge on any atom is 0.270 e. The molecule has 2 aromatic rings. The first-order chi connectivity index (χ1) is 11.7. The molecule has 0 aliphatic carbocycles. The number of benzene rings is 1. The summed E-state index contributed by atoms with van der Waals surface area (Å²) >= 11 is 0. The molecule has 1 N–H and O–H groups in total. The summed E-state index contributed by atoms with van der Waals surface area (Å²) in [5, 5.41) is 11.7. The van der Waals surface area contributed by atoms with Gasteiger partial charge < -0.3 is 10.2 Å². The molecule has 1 aromatic heterocycles. The number of hydrogen-bond donors (Lipinski definition) is 1. The standard InChI is InChI=1S/C19H20N4O/c1-14(22-19(24)18-8-7-15(12-20)13-21-18)16-5-4-6-17(11-16)23-9-2-3-10-23/h4-8,11,13-14H,2-3,9-10H2,1H3,(H,22,24)/t14-/m0/s1. The Morgan fingerprint density at radius 1 is 1.29 bits per heavy atom. The van der Waals surface area contributed by atoms with E-state index in [2.05, 4.69) is 27.3 Å². The van der Waals surface area contributed by atoms with Crippen LogP contribution in [0, 0.1) is 11.3 Å². The number of rotatable bonds is 4. The molecule has 0 bridgehead atoms. The summed E-state index contributed by atoms with van der Waals surface area (Å²) in [5.41, 5.74) is 3.04. The Labute approximate surface area is 141 Å². The van der Waals surface area contributed by atoms with E-state index < -0.39 is 0 Å². The molecule has 2 heterocycles. The minimum Gasteiger partial charge on any atom is -0.372 e. The highest BCUT2D eigenvalue weighted by molar-refractivity contribution is 5.92. The van der Waals surface area contributed by atoms with Crippen molar-refractivity contribution < 1.29 is 4.79 Å². The van der Waals surface area contributed by atoms with Crippen molar-refractivity contribution in [1.29, 1.82) is 5.26 Å². The summed E-state index contributed by atoms with van der Waals surface area (Å²) in [5.74, 6) is -0.237. The summed E-state index contributed by atoms with van der Waals surface area (Å²) < 4.78 is 0. The maximum absolute atomic E-state index is 12.3. The summed E-state index contributed by atoms with van der Waals surface area (Å²) in [4.78, 5) is 18.7. The van der Waals surface area contributed by atoms with Gasteiger partial charge in [0.1, 0.15) is 11.8 Å². The Kier molecular flexibility index (Phi) is 4.76. The van der Waals surface area contributed by atoms with Crippen molar-refractivity contribution in [3.8, 4) is 6.07 Å². The summed E-state index contributed by atoms with van der Waals surface area (Å²) in [6.45, 7) is 4.16.